The summed E-state index contributed by atoms with van der Waals surface area (Å²) >= 11 is 0. The Kier molecular flexibility index (Phi) is 3.44. The lowest BCUT2D eigenvalue weighted by Crippen LogP contribution is -2.16. The number of hydrogen-bond donors (Lipinski definition) is 0. The fourth-order valence-corrected chi connectivity index (χ4v) is 3.75. The molecule has 0 N–H and O–H groups in total. The van der Waals surface area contributed by atoms with Crippen LogP contribution in [0, 0.1) is 0 Å². The van der Waals surface area contributed by atoms with Gasteiger partial charge in [0.15, 0.2) is 5.65 Å². The van der Waals surface area contributed by atoms with E-state index in [1.165, 1.54) is 12.8 Å². The van der Waals surface area contributed by atoms with E-state index < -0.39 is 0 Å². The minimum absolute atomic E-state index is 0.000884. The molecule has 3 aromatic rings. The second-order valence-electron chi connectivity index (χ2n) is 7.89. The molecule has 0 amide bonds. The van der Waals surface area contributed by atoms with Crippen LogP contribution in [0.15, 0.2) is 35.3 Å². The smallest absolute Gasteiger partial charge is 0.273 e. The Morgan fingerprint density at radius 2 is 1.83 bits per heavy atom. The van der Waals surface area contributed by atoms with Gasteiger partial charge in [0.1, 0.15) is 0 Å². The lowest BCUT2D eigenvalue weighted by molar-refractivity contribution is 0.571. The summed E-state index contributed by atoms with van der Waals surface area (Å²) in [5.41, 5.74) is 3.63. The van der Waals surface area contributed by atoms with Crippen LogP contribution in [0.25, 0.3) is 16.6 Å². The van der Waals surface area contributed by atoms with E-state index in [9.17, 15) is 4.79 Å². The highest BCUT2D eigenvalue weighted by atomic mass is 16.1. The summed E-state index contributed by atoms with van der Waals surface area (Å²) in [4.78, 5) is 21.3. The molecule has 4 rings (SSSR count). The minimum atomic E-state index is -0.149. The Bertz CT molecular complexity index is 976. The fraction of sp³-hybridized carbons (Fsp3) is 0.450. The van der Waals surface area contributed by atoms with Crippen molar-refractivity contribution in [3.63, 3.8) is 0 Å². The van der Waals surface area contributed by atoms with Gasteiger partial charge in [-0.15, -0.1) is 0 Å². The van der Waals surface area contributed by atoms with Gasteiger partial charge >= 0.3 is 0 Å². The van der Waals surface area contributed by atoms with Crippen molar-refractivity contribution in [2.45, 2.75) is 57.8 Å². The molecule has 1 aliphatic carbocycles. The van der Waals surface area contributed by atoms with E-state index in [-0.39, 0.29) is 11.0 Å². The van der Waals surface area contributed by atoms with Gasteiger partial charge in [-0.3, -0.25) is 9.78 Å². The number of fused-ring (bicyclic) bond motifs is 3. The first kappa shape index (κ1) is 15.3. The van der Waals surface area contributed by atoms with E-state index in [4.69, 9.17) is 4.98 Å². The monoisotopic (exact) mass is 321 g/mol. The van der Waals surface area contributed by atoms with E-state index in [1.807, 2.05) is 12.3 Å². The quantitative estimate of drug-likeness (QED) is 0.631. The van der Waals surface area contributed by atoms with E-state index in [1.54, 1.807) is 6.07 Å². The highest BCUT2D eigenvalue weighted by Crippen LogP contribution is 2.34. The molecule has 4 heteroatoms. The van der Waals surface area contributed by atoms with Crippen molar-refractivity contribution in [1.82, 2.24) is 14.4 Å². The summed E-state index contributed by atoms with van der Waals surface area (Å²) in [6.45, 7) is 6.47. The van der Waals surface area contributed by atoms with Gasteiger partial charge in [-0.05, 0) is 37.0 Å². The molecule has 3 aromatic heterocycles. The first-order valence-corrected chi connectivity index (χ1v) is 8.77. The van der Waals surface area contributed by atoms with Crippen LogP contribution in [0.2, 0.25) is 0 Å². The maximum Gasteiger partial charge on any atom is 0.273 e. The van der Waals surface area contributed by atoms with E-state index in [0.29, 0.717) is 5.92 Å². The predicted octanol–water partition coefficient (Wildman–Crippen LogP) is 4.20. The van der Waals surface area contributed by atoms with Gasteiger partial charge in [0.2, 0.25) is 0 Å². The molecule has 0 aliphatic heterocycles. The molecule has 0 unspecified atom stereocenters. The van der Waals surface area contributed by atoms with Crippen molar-refractivity contribution in [1.29, 1.82) is 0 Å². The SMILES string of the molecule is CC(C)(C)c1ccc2c(ccn3c(C4CCCC4)cc(=O)nc23)n1. The van der Waals surface area contributed by atoms with E-state index in [2.05, 4.69) is 42.3 Å². The average molecular weight is 321 g/mol. The van der Waals surface area contributed by atoms with Crippen LogP contribution < -0.4 is 5.56 Å². The van der Waals surface area contributed by atoms with Gasteiger partial charge in [0.05, 0.1) is 5.52 Å². The van der Waals surface area contributed by atoms with Crippen LogP contribution >= 0.6 is 0 Å². The van der Waals surface area contributed by atoms with E-state index >= 15 is 0 Å². The summed E-state index contributed by atoms with van der Waals surface area (Å²) < 4.78 is 2.10. The number of rotatable bonds is 1. The molecule has 3 heterocycles. The van der Waals surface area contributed by atoms with Gasteiger partial charge in [-0.2, -0.15) is 4.98 Å². The van der Waals surface area contributed by atoms with Crippen LogP contribution in [0.4, 0.5) is 0 Å². The molecule has 0 spiro atoms. The lowest BCUT2D eigenvalue weighted by atomic mass is 9.91. The van der Waals surface area contributed by atoms with Crippen molar-refractivity contribution < 1.29 is 0 Å². The normalized spacial score (nSPS) is 16.3. The Labute approximate surface area is 141 Å². The summed E-state index contributed by atoms with van der Waals surface area (Å²) in [7, 11) is 0. The number of nitrogens with zero attached hydrogens (tertiary/aromatic N) is 3. The van der Waals surface area contributed by atoms with Crippen molar-refractivity contribution in [2.24, 2.45) is 0 Å². The fourth-order valence-electron chi connectivity index (χ4n) is 3.75. The van der Waals surface area contributed by atoms with Crippen molar-refractivity contribution >= 4 is 16.6 Å². The molecule has 0 atom stereocenters. The molecule has 124 valence electrons. The van der Waals surface area contributed by atoms with Crippen molar-refractivity contribution in [2.75, 3.05) is 0 Å². The highest BCUT2D eigenvalue weighted by Gasteiger charge is 2.21. The number of hydrogen-bond acceptors (Lipinski definition) is 3. The highest BCUT2D eigenvalue weighted by molar-refractivity contribution is 5.91. The molecular formula is C20H23N3O. The lowest BCUT2D eigenvalue weighted by Gasteiger charge is -2.19. The predicted molar refractivity (Wildman–Crippen MR) is 96.7 cm³/mol. The standard InChI is InChI=1S/C20H23N3O/c1-20(2,3)17-9-8-14-15(21-17)10-11-23-16(13-6-4-5-7-13)12-18(24)22-19(14)23/h8-13H,4-7H2,1-3H3. The average Bonchev–Trinajstić information content (AvgIpc) is 3.06. The Morgan fingerprint density at radius 3 is 2.54 bits per heavy atom. The number of pyridine rings is 2. The minimum Gasteiger partial charge on any atom is -0.304 e. The van der Waals surface area contributed by atoms with Gasteiger partial charge in [-0.1, -0.05) is 33.6 Å². The molecule has 0 aromatic carbocycles. The second-order valence-corrected chi connectivity index (χ2v) is 7.89. The molecule has 4 nitrogen and oxygen atoms in total. The first-order valence-electron chi connectivity index (χ1n) is 8.77. The Hall–Kier alpha value is -2.23. The third-order valence-corrected chi connectivity index (χ3v) is 5.08. The summed E-state index contributed by atoms with van der Waals surface area (Å²) in [5, 5.41) is 0.947. The largest absolute Gasteiger partial charge is 0.304 e. The molecule has 1 fully saturated rings. The molecule has 1 saturated carbocycles. The molecule has 0 saturated heterocycles. The molecule has 0 radical (unpaired) electrons. The summed E-state index contributed by atoms with van der Waals surface area (Å²) in [5.74, 6) is 0.465. The second kappa shape index (κ2) is 5.40. The van der Waals surface area contributed by atoms with Gasteiger partial charge < -0.3 is 4.40 Å². The van der Waals surface area contributed by atoms with E-state index in [0.717, 1.165) is 40.8 Å². The third kappa shape index (κ3) is 2.50. The zero-order chi connectivity index (χ0) is 16.9. The van der Waals surface area contributed by atoms with Crippen LogP contribution in [0.5, 0.6) is 0 Å². The van der Waals surface area contributed by atoms with Crippen LogP contribution in [0.3, 0.4) is 0 Å². The maximum atomic E-state index is 12.2. The topological polar surface area (TPSA) is 47.3 Å². The van der Waals surface area contributed by atoms with Gasteiger partial charge in [0.25, 0.3) is 5.56 Å². The summed E-state index contributed by atoms with van der Waals surface area (Å²) in [6.07, 6.45) is 6.83. The van der Waals surface area contributed by atoms with Crippen LogP contribution in [0.1, 0.15) is 63.8 Å². The van der Waals surface area contributed by atoms with Gasteiger partial charge in [-0.25, -0.2) is 0 Å². The summed E-state index contributed by atoms with van der Waals surface area (Å²) in [6, 6.07) is 7.87. The van der Waals surface area contributed by atoms with Crippen molar-refractivity contribution in [3.8, 4) is 0 Å². The maximum absolute atomic E-state index is 12.2. The molecule has 24 heavy (non-hydrogen) atoms. The third-order valence-electron chi connectivity index (χ3n) is 5.08. The molecular weight excluding hydrogens is 298 g/mol. The number of aromatic nitrogens is 3. The zero-order valence-electron chi connectivity index (χ0n) is 14.5. The molecule has 1 aliphatic rings. The Morgan fingerprint density at radius 1 is 1.08 bits per heavy atom. The van der Waals surface area contributed by atoms with Crippen LogP contribution in [-0.4, -0.2) is 14.4 Å². The Balaban J connectivity index is 1.99. The van der Waals surface area contributed by atoms with Gasteiger partial charge in [0, 0.05) is 34.5 Å². The first-order chi connectivity index (χ1) is 11.4. The zero-order valence-corrected chi connectivity index (χ0v) is 14.5. The van der Waals surface area contributed by atoms with Crippen LogP contribution in [-0.2, 0) is 5.41 Å². The van der Waals surface area contributed by atoms with Crippen molar-refractivity contribution in [3.05, 3.63) is 52.2 Å². The molecule has 0 bridgehead atoms.